The number of methoxy groups -OCH3 is 1. The third-order valence-electron chi connectivity index (χ3n) is 3.91. The molecule has 0 aliphatic carbocycles. The molecule has 0 fully saturated rings. The van der Waals surface area contributed by atoms with Crippen LogP contribution in [0.15, 0.2) is 82.8 Å². The fraction of sp³-hybridized carbons (Fsp3) is 0.0952. The zero-order valence-corrected chi connectivity index (χ0v) is 17.2. The van der Waals surface area contributed by atoms with Crippen LogP contribution in [-0.4, -0.2) is 21.7 Å². The van der Waals surface area contributed by atoms with Crippen LogP contribution in [0.25, 0.3) is 0 Å². The van der Waals surface area contributed by atoms with Crippen molar-refractivity contribution in [2.75, 3.05) is 7.11 Å². The van der Waals surface area contributed by atoms with Crippen LogP contribution in [0.3, 0.4) is 0 Å². The molecule has 0 bridgehead atoms. The van der Waals surface area contributed by atoms with Crippen LogP contribution in [0, 0.1) is 0 Å². The van der Waals surface area contributed by atoms with Crippen molar-refractivity contribution < 1.29 is 17.9 Å². The first kappa shape index (κ1) is 20.7. The number of nitrogens with zero attached hydrogens (tertiary/aromatic N) is 1. The summed E-state index contributed by atoms with van der Waals surface area (Å²) in [5.41, 5.74) is 1.58. The van der Waals surface area contributed by atoms with Gasteiger partial charge in [-0.1, -0.05) is 41.9 Å². The van der Waals surface area contributed by atoms with Gasteiger partial charge in [0.2, 0.25) is 0 Å². The number of halogens is 1. The quantitative estimate of drug-likeness (QED) is 0.428. The molecule has 1 N–H and O–H groups in total. The minimum Gasteiger partial charge on any atom is -0.493 e. The molecule has 0 aliphatic heterocycles. The van der Waals surface area contributed by atoms with Crippen molar-refractivity contribution in [3.05, 3.63) is 88.9 Å². The highest BCUT2D eigenvalue weighted by molar-refractivity contribution is 7.89. The molecule has 0 amide bonds. The van der Waals surface area contributed by atoms with Crippen molar-refractivity contribution >= 4 is 27.8 Å². The Kier molecular flexibility index (Phi) is 6.74. The molecule has 0 saturated carbocycles. The van der Waals surface area contributed by atoms with Crippen LogP contribution < -0.4 is 14.3 Å². The van der Waals surface area contributed by atoms with Gasteiger partial charge >= 0.3 is 0 Å². The molecule has 3 aromatic rings. The molecule has 8 heteroatoms. The highest BCUT2D eigenvalue weighted by atomic mass is 35.5. The van der Waals surface area contributed by atoms with Crippen molar-refractivity contribution in [2.24, 2.45) is 5.10 Å². The molecule has 0 radical (unpaired) electrons. The van der Waals surface area contributed by atoms with E-state index in [9.17, 15) is 8.42 Å². The lowest BCUT2D eigenvalue weighted by Gasteiger charge is -2.11. The first-order valence-electron chi connectivity index (χ1n) is 8.63. The summed E-state index contributed by atoms with van der Waals surface area (Å²) in [7, 11) is -2.18. The summed E-state index contributed by atoms with van der Waals surface area (Å²) >= 11 is 5.98. The Morgan fingerprint density at radius 1 is 1.00 bits per heavy atom. The van der Waals surface area contributed by atoms with E-state index in [1.807, 2.05) is 18.2 Å². The third kappa shape index (κ3) is 5.73. The summed E-state index contributed by atoms with van der Waals surface area (Å²) in [6, 6.07) is 20.6. The van der Waals surface area contributed by atoms with Gasteiger partial charge in [0.15, 0.2) is 11.5 Å². The summed E-state index contributed by atoms with van der Waals surface area (Å²) in [6.07, 6.45) is 1.39. The highest BCUT2D eigenvalue weighted by Crippen LogP contribution is 2.28. The molecule has 0 aromatic heterocycles. The first-order chi connectivity index (χ1) is 14.0. The SMILES string of the molecule is COc1cc(/C=N\NS(=O)(=O)c2ccccc2)ccc1OCc1cccc(Cl)c1. The number of hydrogen-bond acceptors (Lipinski definition) is 5. The molecule has 0 aliphatic rings. The van der Waals surface area contributed by atoms with Gasteiger partial charge in [0, 0.05) is 5.02 Å². The van der Waals surface area contributed by atoms with E-state index in [2.05, 4.69) is 9.93 Å². The van der Waals surface area contributed by atoms with E-state index in [0.717, 1.165) is 5.56 Å². The van der Waals surface area contributed by atoms with Crippen LogP contribution in [0.5, 0.6) is 11.5 Å². The topological polar surface area (TPSA) is 77.0 Å². The maximum absolute atomic E-state index is 12.2. The van der Waals surface area contributed by atoms with Gasteiger partial charge in [0.25, 0.3) is 10.0 Å². The van der Waals surface area contributed by atoms with Gasteiger partial charge < -0.3 is 9.47 Å². The number of ether oxygens (including phenoxy) is 2. The second-order valence-electron chi connectivity index (χ2n) is 5.99. The summed E-state index contributed by atoms with van der Waals surface area (Å²) < 4.78 is 35.5. The minimum absolute atomic E-state index is 0.138. The predicted molar refractivity (Wildman–Crippen MR) is 113 cm³/mol. The minimum atomic E-state index is -3.71. The fourth-order valence-electron chi connectivity index (χ4n) is 2.49. The van der Waals surface area contributed by atoms with Crippen LogP contribution in [0.1, 0.15) is 11.1 Å². The van der Waals surface area contributed by atoms with Gasteiger partial charge in [0.05, 0.1) is 18.2 Å². The van der Waals surface area contributed by atoms with E-state index < -0.39 is 10.0 Å². The molecular formula is C21H19ClN2O4S. The van der Waals surface area contributed by atoms with Gasteiger partial charge in [-0.15, -0.1) is 0 Å². The van der Waals surface area contributed by atoms with E-state index in [1.165, 1.54) is 25.5 Å². The lowest BCUT2D eigenvalue weighted by molar-refractivity contribution is 0.284. The van der Waals surface area contributed by atoms with Crippen LogP contribution in [-0.2, 0) is 16.6 Å². The lowest BCUT2D eigenvalue weighted by atomic mass is 10.2. The van der Waals surface area contributed by atoms with Crippen molar-refractivity contribution in [1.82, 2.24) is 4.83 Å². The Morgan fingerprint density at radius 2 is 1.79 bits per heavy atom. The van der Waals surface area contributed by atoms with Gasteiger partial charge in [-0.25, -0.2) is 4.83 Å². The van der Waals surface area contributed by atoms with E-state index >= 15 is 0 Å². The van der Waals surface area contributed by atoms with Gasteiger partial charge in [-0.2, -0.15) is 13.5 Å². The van der Waals surface area contributed by atoms with E-state index in [4.69, 9.17) is 21.1 Å². The molecular weight excluding hydrogens is 412 g/mol. The van der Waals surface area contributed by atoms with Crippen LogP contribution >= 0.6 is 11.6 Å². The number of hydrogen-bond donors (Lipinski definition) is 1. The molecule has 0 atom stereocenters. The van der Waals surface area contributed by atoms with Gasteiger partial charge in [-0.05, 0) is 53.6 Å². The number of benzene rings is 3. The molecule has 150 valence electrons. The normalized spacial score (nSPS) is 11.4. The molecule has 0 saturated heterocycles. The Morgan fingerprint density at radius 3 is 2.52 bits per heavy atom. The van der Waals surface area contributed by atoms with Crippen LogP contribution in [0.2, 0.25) is 5.02 Å². The summed E-state index contributed by atoms with van der Waals surface area (Å²) in [4.78, 5) is 2.32. The number of sulfonamides is 1. The molecule has 0 heterocycles. The Hall–Kier alpha value is -3.03. The summed E-state index contributed by atoms with van der Waals surface area (Å²) in [5, 5.41) is 4.47. The van der Waals surface area contributed by atoms with Crippen LogP contribution in [0.4, 0.5) is 0 Å². The van der Waals surface area contributed by atoms with E-state index in [1.54, 1.807) is 42.5 Å². The Bertz CT molecular complexity index is 1100. The van der Waals surface area contributed by atoms with Crippen molar-refractivity contribution in [2.45, 2.75) is 11.5 Å². The maximum Gasteiger partial charge on any atom is 0.276 e. The molecule has 0 spiro atoms. The van der Waals surface area contributed by atoms with Gasteiger partial charge in [-0.3, -0.25) is 0 Å². The average molecular weight is 431 g/mol. The van der Waals surface area contributed by atoms with E-state index in [-0.39, 0.29) is 4.90 Å². The molecule has 3 rings (SSSR count). The number of nitrogens with one attached hydrogen (secondary N) is 1. The standard InChI is InChI=1S/C21H19ClN2O4S/c1-27-21-13-16(14-23-24-29(25,26)19-8-3-2-4-9-19)10-11-20(21)28-15-17-6-5-7-18(22)12-17/h2-14,24H,15H2,1H3/b23-14-. The monoisotopic (exact) mass is 430 g/mol. The Balaban J connectivity index is 1.67. The smallest absolute Gasteiger partial charge is 0.276 e. The third-order valence-corrected chi connectivity index (χ3v) is 5.38. The molecule has 3 aromatic carbocycles. The second kappa shape index (κ2) is 9.45. The maximum atomic E-state index is 12.2. The first-order valence-corrected chi connectivity index (χ1v) is 10.5. The second-order valence-corrected chi connectivity index (χ2v) is 8.09. The van der Waals surface area contributed by atoms with Crippen molar-refractivity contribution in [1.29, 1.82) is 0 Å². The van der Waals surface area contributed by atoms with Gasteiger partial charge in [0.1, 0.15) is 6.61 Å². The summed E-state index contributed by atoms with van der Waals surface area (Å²) in [5.74, 6) is 1.05. The summed E-state index contributed by atoms with van der Waals surface area (Å²) in [6.45, 7) is 0.335. The van der Waals surface area contributed by atoms with Crippen molar-refractivity contribution in [3.8, 4) is 11.5 Å². The zero-order chi connectivity index (χ0) is 20.7. The Labute approximate surface area is 174 Å². The molecule has 6 nitrogen and oxygen atoms in total. The predicted octanol–water partition coefficient (Wildman–Crippen LogP) is 4.24. The zero-order valence-electron chi connectivity index (χ0n) is 15.6. The largest absolute Gasteiger partial charge is 0.493 e. The lowest BCUT2D eigenvalue weighted by Crippen LogP contribution is -2.18. The van der Waals surface area contributed by atoms with Crippen molar-refractivity contribution in [3.63, 3.8) is 0 Å². The molecule has 0 unspecified atom stereocenters. The van der Waals surface area contributed by atoms with E-state index in [0.29, 0.717) is 28.7 Å². The fourth-order valence-corrected chi connectivity index (χ4v) is 3.52. The highest BCUT2D eigenvalue weighted by Gasteiger charge is 2.11. The average Bonchev–Trinajstić information content (AvgIpc) is 2.73. The number of hydrazone groups is 1. The number of rotatable bonds is 8. The molecule has 29 heavy (non-hydrogen) atoms.